The molecule has 1 aliphatic heterocycles. The summed E-state index contributed by atoms with van der Waals surface area (Å²) in [6.07, 6.45) is 7.89. The average molecular weight is 368 g/mol. The van der Waals surface area contributed by atoms with Crippen molar-refractivity contribution in [2.24, 2.45) is 0 Å². The van der Waals surface area contributed by atoms with Crippen molar-refractivity contribution in [3.8, 4) is 10.8 Å². The van der Waals surface area contributed by atoms with Gasteiger partial charge in [0.2, 0.25) is 10.0 Å². The van der Waals surface area contributed by atoms with E-state index in [0.717, 1.165) is 43.1 Å². The lowest BCUT2D eigenvalue weighted by Gasteiger charge is -2.35. The van der Waals surface area contributed by atoms with E-state index >= 15 is 0 Å². The number of thiazole rings is 1. The number of hydrogen-bond donors (Lipinski definition) is 1. The van der Waals surface area contributed by atoms with Crippen molar-refractivity contribution in [2.75, 3.05) is 19.3 Å². The monoisotopic (exact) mass is 367 g/mol. The Morgan fingerprint density at radius 2 is 2.12 bits per heavy atom. The SMILES string of the molecule is CS(=O)(=O)NC[C@H]1CCCCN1Cc1csc(-c2ncccn2)n1. The minimum atomic E-state index is -3.16. The van der Waals surface area contributed by atoms with Gasteiger partial charge in [0.1, 0.15) is 0 Å². The van der Waals surface area contributed by atoms with Crippen LogP contribution in [0.1, 0.15) is 25.0 Å². The molecule has 130 valence electrons. The molecule has 2 aromatic rings. The maximum atomic E-state index is 11.3. The summed E-state index contributed by atoms with van der Waals surface area (Å²) in [6.45, 7) is 2.14. The van der Waals surface area contributed by atoms with Crippen LogP contribution in [0.25, 0.3) is 10.8 Å². The Morgan fingerprint density at radius 3 is 2.88 bits per heavy atom. The molecule has 3 heterocycles. The molecule has 1 fully saturated rings. The van der Waals surface area contributed by atoms with Crippen LogP contribution in [0.5, 0.6) is 0 Å². The van der Waals surface area contributed by atoms with Gasteiger partial charge in [-0.05, 0) is 25.5 Å². The van der Waals surface area contributed by atoms with Crippen molar-refractivity contribution in [1.82, 2.24) is 24.6 Å². The Morgan fingerprint density at radius 1 is 1.33 bits per heavy atom. The van der Waals surface area contributed by atoms with E-state index in [1.165, 1.54) is 17.6 Å². The molecule has 0 unspecified atom stereocenters. The molecular weight excluding hydrogens is 346 g/mol. The lowest BCUT2D eigenvalue weighted by molar-refractivity contribution is 0.140. The summed E-state index contributed by atoms with van der Waals surface area (Å²) in [4.78, 5) is 15.4. The van der Waals surface area contributed by atoms with Gasteiger partial charge in [0, 0.05) is 36.9 Å². The zero-order valence-electron chi connectivity index (χ0n) is 13.6. The average Bonchev–Trinajstić information content (AvgIpc) is 3.03. The minimum Gasteiger partial charge on any atom is -0.293 e. The summed E-state index contributed by atoms with van der Waals surface area (Å²) in [5.41, 5.74) is 0.980. The van der Waals surface area contributed by atoms with Crippen LogP contribution in [0.4, 0.5) is 0 Å². The van der Waals surface area contributed by atoms with E-state index in [1.807, 2.05) is 5.38 Å². The summed E-state index contributed by atoms with van der Waals surface area (Å²) in [5, 5.41) is 2.84. The molecular formula is C15H21N5O2S2. The predicted octanol–water partition coefficient (Wildman–Crippen LogP) is 1.50. The molecule has 0 aromatic carbocycles. The van der Waals surface area contributed by atoms with Gasteiger partial charge >= 0.3 is 0 Å². The molecule has 0 aliphatic carbocycles. The smallest absolute Gasteiger partial charge is 0.208 e. The normalized spacial score (nSPS) is 19.5. The lowest BCUT2D eigenvalue weighted by Crippen LogP contribution is -2.46. The zero-order valence-corrected chi connectivity index (χ0v) is 15.2. The molecule has 1 atom stereocenters. The first-order chi connectivity index (χ1) is 11.5. The van der Waals surface area contributed by atoms with Crippen molar-refractivity contribution < 1.29 is 8.42 Å². The number of aromatic nitrogens is 3. The molecule has 1 N–H and O–H groups in total. The molecule has 3 rings (SSSR count). The molecule has 0 radical (unpaired) electrons. The number of nitrogens with one attached hydrogen (secondary N) is 1. The number of sulfonamides is 1. The van der Waals surface area contributed by atoms with Crippen LogP contribution in [-0.4, -0.2) is 53.7 Å². The Labute approximate surface area is 146 Å². The van der Waals surface area contributed by atoms with Gasteiger partial charge in [-0.2, -0.15) is 0 Å². The summed E-state index contributed by atoms with van der Waals surface area (Å²) in [5.74, 6) is 0.641. The van der Waals surface area contributed by atoms with E-state index in [0.29, 0.717) is 12.4 Å². The van der Waals surface area contributed by atoms with Crippen LogP contribution in [-0.2, 0) is 16.6 Å². The van der Waals surface area contributed by atoms with Gasteiger partial charge in [0.25, 0.3) is 0 Å². The van der Waals surface area contributed by atoms with Crippen LogP contribution >= 0.6 is 11.3 Å². The van der Waals surface area contributed by atoms with Crippen LogP contribution in [0.15, 0.2) is 23.8 Å². The van der Waals surface area contributed by atoms with Crippen molar-refractivity contribution >= 4 is 21.4 Å². The Balaban J connectivity index is 1.66. The highest BCUT2D eigenvalue weighted by Gasteiger charge is 2.24. The Bertz CT molecular complexity index is 763. The first kappa shape index (κ1) is 17.4. The number of hydrogen-bond acceptors (Lipinski definition) is 7. The van der Waals surface area contributed by atoms with E-state index in [9.17, 15) is 8.42 Å². The molecule has 1 saturated heterocycles. The van der Waals surface area contributed by atoms with E-state index in [2.05, 4.69) is 24.6 Å². The maximum absolute atomic E-state index is 11.3. The predicted molar refractivity (Wildman–Crippen MR) is 94.0 cm³/mol. The van der Waals surface area contributed by atoms with Gasteiger partial charge in [-0.25, -0.2) is 28.1 Å². The van der Waals surface area contributed by atoms with Crippen LogP contribution in [0, 0.1) is 0 Å². The van der Waals surface area contributed by atoms with Gasteiger partial charge in [-0.15, -0.1) is 11.3 Å². The van der Waals surface area contributed by atoms with Crippen molar-refractivity contribution in [3.05, 3.63) is 29.5 Å². The number of likely N-dealkylation sites (tertiary alicyclic amines) is 1. The summed E-state index contributed by atoms with van der Waals surface area (Å²) < 4.78 is 25.3. The summed E-state index contributed by atoms with van der Waals surface area (Å²) in [6, 6.07) is 2.00. The highest BCUT2D eigenvalue weighted by Crippen LogP contribution is 2.23. The molecule has 24 heavy (non-hydrogen) atoms. The van der Waals surface area contributed by atoms with Gasteiger partial charge in [0.05, 0.1) is 11.9 Å². The van der Waals surface area contributed by atoms with Gasteiger partial charge in [-0.1, -0.05) is 6.42 Å². The molecule has 9 heteroatoms. The maximum Gasteiger partial charge on any atom is 0.208 e. The Kier molecular flexibility index (Phi) is 5.54. The fraction of sp³-hybridized carbons (Fsp3) is 0.533. The fourth-order valence-electron chi connectivity index (χ4n) is 2.85. The third-order valence-corrected chi connectivity index (χ3v) is 5.58. The second kappa shape index (κ2) is 7.64. The van der Waals surface area contributed by atoms with Crippen LogP contribution in [0.2, 0.25) is 0 Å². The quantitative estimate of drug-likeness (QED) is 0.832. The molecule has 0 amide bonds. The minimum absolute atomic E-state index is 0.214. The first-order valence-corrected chi connectivity index (χ1v) is 10.7. The van der Waals surface area contributed by atoms with Crippen LogP contribution in [0.3, 0.4) is 0 Å². The molecule has 0 bridgehead atoms. The summed E-state index contributed by atoms with van der Waals surface area (Å²) in [7, 11) is -3.16. The molecule has 7 nitrogen and oxygen atoms in total. The van der Waals surface area contributed by atoms with E-state index < -0.39 is 10.0 Å². The third kappa shape index (κ3) is 4.79. The van der Waals surface area contributed by atoms with E-state index in [4.69, 9.17) is 0 Å². The molecule has 0 saturated carbocycles. The molecule has 0 spiro atoms. The standard InChI is InChI=1S/C15H21N5O2S2/c1-24(21,22)18-9-13-5-2-3-8-20(13)10-12-11-23-15(19-12)14-16-6-4-7-17-14/h4,6-7,11,13,18H,2-3,5,8-10H2,1H3/t13-/m1/s1. The fourth-order valence-corrected chi connectivity index (χ4v) is 4.10. The van der Waals surface area contributed by atoms with Crippen molar-refractivity contribution in [3.63, 3.8) is 0 Å². The number of nitrogens with zero attached hydrogens (tertiary/aromatic N) is 4. The second-order valence-corrected chi connectivity index (χ2v) is 8.65. The van der Waals surface area contributed by atoms with Crippen LogP contribution < -0.4 is 4.72 Å². The second-order valence-electron chi connectivity index (χ2n) is 5.96. The first-order valence-electron chi connectivity index (χ1n) is 7.92. The van der Waals surface area contributed by atoms with Crippen molar-refractivity contribution in [1.29, 1.82) is 0 Å². The van der Waals surface area contributed by atoms with Gasteiger partial charge < -0.3 is 0 Å². The number of piperidine rings is 1. The van der Waals surface area contributed by atoms with E-state index in [1.54, 1.807) is 18.5 Å². The largest absolute Gasteiger partial charge is 0.293 e. The zero-order chi connectivity index (χ0) is 17.0. The van der Waals surface area contributed by atoms with E-state index in [-0.39, 0.29) is 6.04 Å². The highest BCUT2D eigenvalue weighted by atomic mass is 32.2. The lowest BCUT2D eigenvalue weighted by atomic mass is 10.0. The topological polar surface area (TPSA) is 88.1 Å². The molecule has 2 aromatic heterocycles. The van der Waals surface area contributed by atoms with Gasteiger partial charge in [0.15, 0.2) is 10.8 Å². The van der Waals surface area contributed by atoms with Gasteiger partial charge in [-0.3, -0.25) is 4.90 Å². The highest BCUT2D eigenvalue weighted by molar-refractivity contribution is 7.88. The Hall–Kier alpha value is -1.42. The third-order valence-electron chi connectivity index (χ3n) is 4.00. The molecule has 1 aliphatic rings. The summed E-state index contributed by atoms with van der Waals surface area (Å²) >= 11 is 1.54. The number of rotatable bonds is 6. The van der Waals surface area contributed by atoms with Crippen molar-refractivity contribution in [2.45, 2.75) is 31.8 Å².